The van der Waals surface area contributed by atoms with E-state index in [1.807, 2.05) is 30.3 Å². The zero-order chi connectivity index (χ0) is 24.0. The van der Waals surface area contributed by atoms with Crippen LogP contribution in [0.5, 0.6) is 0 Å². The Hall–Kier alpha value is -3.63. The number of nitrogens with one attached hydrogen (secondary N) is 2. The number of hydrogen-bond donors (Lipinski definition) is 2. The number of fused-ring (bicyclic) bond motifs is 1. The highest BCUT2D eigenvalue weighted by Gasteiger charge is 2.35. The summed E-state index contributed by atoms with van der Waals surface area (Å²) in [6.45, 7) is 0. The lowest BCUT2D eigenvalue weighted by molar-refractivity contribution is 0.103. The lowest BCUT2D eigenvalue weighted by atomic mass is 10.00. The Balaban J connectivity index is 1.54. The fraction of sp³-hybridized carbons (Fsp3) is 0.167. The molecule has 34 heavy (non-hydrogen) atoms. The summed E-state index contributed by atoms with van der Waals surface area (Å²) < 4.78 is 58.3. The van der Waals surface area contributed by atoms with Gasteiger partial charge in [-0.25, -0.2) is 13.8 Å². The molecule has 0 spiro atoms. The Morgan fingerprint density at radius 3 is 2.56 bits per heavy atom. The van der Waals surface area contributed by atoms with E-state index in [2.05, 4.69) is 14.7 Å². The molecule has 2 N–H and O–H groups in total. The van der Waals surface area contributed by atoms with Gasteiger partial charge in [0.1, 0.15) is 11.5 Å². The molecule has 1 saturated carbocycles. The molecular weight excluding hydrogens is 462 g/mol. The van der Waals surface area contributed by atoms with E-state index in [4.69, 9.17) is 0 Å². The average molecular weight is 483 g/mol. The number of nitrogens with zero attached hydrogens (tertiary/aromatic N) is 2. The maximum absolute atomic E-state index is 15.3. The molecule has 10 heteroatoms. The van der Waals surface area contributed by atoms with Crippen molar-refractivity contribution >= 4 is 32.7 Å². The van der Waals surface area contributed by atoms with Crippen LogP contribution in [0.2, 0.25) is 0 Å². The van der Waals surface area contributed by atoms with Crippen molar-refractivity contribution in [2.45, 2.75) is 18.9 Å². The summed E-state index contributed by atoms with van der Waals surface area (Å²) >= 11 is 0. The van der Waals surface area contributed by atoms with Gasteiger partial charge in [0, 0.05) is 42.0 Å². The molecule has 5 rings (SSSR count). The van der Waals surface area contributed by atoms with Gasteiger partial charge >= 0.3 is 10.2 Å². The van der Waals surface area contributed by atoms with Gasteiger partial charge in [-0.2, -0.15) is 12.7 Å². The van der Waals surface area contributed by atoms with Gasteiger partial charge in [-0.3, -0.25) is 9.52 Å². The summed E-state index contributed by atoms with van der Waals surface area (Å²) in [4.78, 5) is 20.4. The third-order valence-electron chi connectivity index (χ3n) is 5.88. The van der Waals surface area contributed by atoms with E-state index in [1.165, 1.54) is 13.2 Å². The molecular formula is C24H20F2N4O3S. The van der Waals surface area contributed by atoms with Crippen LogP contribution in [0.4, 0.5) is 14.5 Å². The molecule has 0 unspecified atom stereocenters. The molecule has 0 atom stereocenters. The number of halogens is 2. The summed E-state index contributed by atoms with van der Waals surface area (Å²) in [5.41, 5.74) is 0.651. The average Bonchev–Trinajstić information content (AvgIpc) is 3.59. The topological polar surface area (TPSA) is 95.2 Å². The lowest BCUT2D eigenvalue weighted by Crippen LogP contribution is -2.34. The molecule has 4 aromatic rings. The number of ketones is 1. The van der Waals surface area contributed by atoms with Gasteiger partial charge in [0.2, 0.25) is 5.78 Å². The standard InChI is InChI=1S/C24H20F2N4O3S/c1-30(16-7-8-16)34(32,33)29-20-10-9-19(25)21(22(20)26)23(31)18-13-28-24-17(18)11-15(12-27-24)14-5-3-2-4-6-14/h2-6,9-13,16,29H,7-8H2,1H3,(H,27,28). The van der Waals surface area contributed by atoms with E-state index in [0.717, 1.165) is 27.6 Å². The Kier molecular flexibility index (Phi) is 5.41. The minimum absolute atomic E-state index is 0.0215. The van der Waals surface area contributed by atoms with Crippen LogP contribution in [0.1, 0.15) is 28.8 Å². The molecule has 7 nitrogen and oxygen atoms in total. The molecule has 0 saturated heterocycles. The zero-order valence-electron chi connectivity index (χ0n) is 18.0. The smallest absolute Gasteiger partial charge is 0.301 e. The van der Waals surface area contributed by atoms with E-state index >= 15 is 4.39 Å². The van der Waals surface area contributed by atoms with Crippen LogP contribution in [-0.4, -0.2) is 41.6 Å². The summed E-state index contributed by atoms with van der Waals surface area (Å²) in [6, 6.07) is 12.7. The van der Waals surface area contributed by atoms with E-state index in [9.17, 15) is 17.6 Å². The second-order valence-corrected chi connectivity index (χ2v) is 9.89. The fourth-order valence-electron chi connectivity index (χ4n) is 3.80. The Morgan fingerprint density at radius 2 is 1.85 bits per heavy atom. The van der Waals surface area contributed by atoms with E-state index in [1.54, 1.807) is 12.3 Å². The monoisotopic (exact) mass is 482 g/mol. The van der Waals surface area contributed by atoms with Crippen molar-refractivity contribution < 1.29 is 22.0 Å². The SMILES string of the molecule is CN(C1CC1)S(=O)(=O)Nc1ccc(F)c(C(=O)c2c[nH]c3ncc(-c4ccccc4)cc23)c1F. The molecule has 2 heterocycles. The van der Waals surface area contributed by atoms with Gasteiger partial charge in [-0.15, -0.1) is 0 Å². The van der Waals surface area contributed by atoms with Crippen molar-refractivity contribution in [3.8, 4) is 11.1 Å². The van der Waals surface area contributed by atoms with Gasteiger partial charge in [0.25, 0.3) is 0 Å². The molecule has 1 aliphatic rings. The number of rotatable bonds is 7. The van der Waals surface area contributed by atoms with Gasteiger partial charge in [0.05, 0.1) is 11.3 Å². The maximum Gasteiger partial charge on any atom is 0.301 e. The van der Waals surface area contributed by atoms with Crippen LogP contribution < -0.4 is 4.72 Å². The lowest BCUT2D eigenvalue weighted by Gasteiger charge is -2.18. The number of benzene rings is 2. The Morgan fingerprint density at radius 1 is 1.12 bits per heavy atom. The predicted molar refractivity (Wildman–Crippen MR) is 125 cm³/mol. The summed E-state index contributed by atoms with van der Waals surface area (Å²) in [6.07, 6.45) is 4.40. The first-order valence-corrected chi connectivity index (χ1v) is 12.0. The molecule has 1 fully saturated rings. The third-order valence-corrected chi connectivity index (χ3v) is 7.41. The molecule has 2 aromatic carbocycles. The first-order chi connectivity index (χ1) is 16.3. The van der Waals surface area contributed by atoms with Crippen molar-refractivity contribution in [3.63, 3.8) is 0 Å². The first-order valence-electron chi connectivity index (χ1n) is 10.6. The quantitative estimate of drug-likeness (QED) is 0.380. The fourth-order valence-corrected chi connectivity index (χ4v) is 4.98. The second kappa shape index (κ2) is 8.30. The minimum atomic E-state index is -4.06. The van der Waals surface area contributed by atoms with Crippen LogP contribution in [0.15, 0.2) is 60.9 Å². The number of aromatic amines is 1. The maximum atomic E-state index is 15.3. The highest BCUT2D eigenvalue weighted by molar-refractivity contribution is 7.90. The van der Waals surface area contributed by atoms with Crippen molar-refractivity contribution in [1.82, 2.24) is 14.3 Å². The predicted octanol–water partition coefficient (Wildman–Crippen LogP) is 4.49. The summed E-state index contributed by atoms with van der Waals surface area (Å²) in [7, 11) is -2.67. The number of hydrogen-bond acceptors (Lipinski definition) is 4. The first kappa shape index (κ1) is 22.2. The molecule has 0 bridgehead atoms. The van der Waals surface area contributed by atoms with Gasteiger partial charge in [0.15, 0.2) is 5.82 Å². The van der Waals surface area contributed by atoms with Crippen molar-refractivity contribution in [1.29, 1.82) is 0 Å². The molecule has 2 aromatic heterocycles. The zero-order valence-corrected chi connectivity index (χ0v) is 18.9. The van der Waals surface area contributed by atoms with Crippen LogP contribution in [0.25, 0.3) is 22.2 Å². The Labute approximate surface area is 194 Å². The number of aromatic nitrogens is 2. The number of anilines is 1. The molecule has 1 aliphatic carbocycles. The molecule has 0 amide bonds. The van der Waals surface area contributed by atoms with Crippen LogP contribution in [0, 0.1) is 11.6 Å². The third kappa shape index (κ3) is 3.95. The van der Waals surface area contributed by atoms with E-state index < -0.39 is 38.9 Å². The molecule has 0 aliphatic heterocycles. The molecule has 174 valence electrons. The highest BCUT2D eigenvalue weighted by Crippen LogP contribution is 2.31. The van der Waals surface area contributed by atoms with Crippen molar-refractivity contribution in [2.75, 3.05) is 11.8 Å². The van der Waals surface area contributed by atoms with Crippen molar-refractivity contribution in [3.05, 3.63) is 83.7 Å². The van der Waals surface area contributed by atoms with Crippen LogP contribution >= 0.6 is 0 Å². The van der Waals surface area contributed by atoms with E-state index in [0.29, 0.717) is 23.9 Å². The van der Waals surface area contributed by atoms with Crippen LogP contribution in [0.3, 0.4) is 0 Å². The minimum Gasteiger partial charge on any atom is -0.345 e. The number of H-pyrrole nitrogens is 1. The van der Waals surface area contributed by atoms with Gasteiger partial charge < -0.3 is 4.98 Å². The second-order valence-electron chi connectivity index (χ2n) is 8.16. The Bertz CT molecular complexity index is 1520. The normalized spacial score (nSPS) is 14.0. The van der Waals surface area contributed by atoms with Crippen molar-refractivity contribution in [2.24, 2.45) is 0 Å². The summed E-state index contributed by atoms with van der Waals surface area (Å²) in [5.74, 6) is -3.30. The van der Waals surface area contributed by atoms with Crippen LogP contribution in [-0.2, 0) is 10.2 Å². The molecule has 0 radical (unpaired) electrons. The number of carbonyl (C=O) groups excluding carboxylic acids is 1. The van der Waals surface area contributed by atoms with Gasteiger partial charge in [-0.05, 0) is 36.6 Å². The number of carbonyl (C=O) groups is 1. The number of pyridine rings is 1. The highest BCUT2D eigenvalue weighted by atomic mass is 32.2. The van der Waals surface area contributed by atoms with Gasteiger partial charge in [-0.1, -0.05) is 30.3 Å². The largest absolute Gasteiger partial charge is 0.345 e. The van der Waals surface area contributed by atoms with E-state index in [-0.39, 0.29) is 11.6 Å². The summed E-state index contributed by atoms with van der Waals surface area (Å²) in [5, 5.41) is 0.393.